The molecular weight excluding hydrogens is 186 g/mol. The van der Waals surface area contributed by atoms with Crippen LogP contribution < -0.4 is 10.2 Å². The van der Waals surface area contributed by atoms with Crippen molar-refractivity contribution in [3.05, 3.63) is 23.5 Å². The normalized spacial score (nSPS) is 24.6. The molecule has 1 saturated heterocycles. The third-order valence-electron chi connectivity index (χ3n) is 3.59. The third kappa shape index (κ3) is 1.51. The zero-order valence-corrected chi connectivity index (χ0v) is 9.16. The van der Waals surface area contributed by atoms with Crippen molar-refractivity contribution in [3.63, 3.8) is 0 Å². The van der Waals surface area contributed by atoms with Crippen LogP contribution in [0.2, 0.25) is 0 Å². The molecule has 3 nitrogen and oxygen atoms in total. The van der Waals surface area contributed by atoms with E-state index in [2.05, 4.69) is 34.5 Å². The quantitative estimate of drug-likeness (QED) is 0.742. The van der Waals surface area contributed by atoms with Crippen molar-refractivity contribution in [3.8, 4) is 0 Å². The molecule has 1 aromatic rings. The highest BCUT2D eigenvalue weighted by atomic mass is 15.1. The number of anilines is 1. The summed E-state index contributed by atoms with van der Waals surface area (Å²) in [5.74, 6) is 0.629. The van der Waals surface area contributed by atoms with E-state index in [0.29, 0.717) is 5.92 Å². The number of nitrogens with zero attached hydrogens (tertiary/aromatic N) is 2. The van der Waals surface area contributed by atoms with E-state index < -0.39 is 0 Å². The molecule has 1 N–H and O–H groups in total. The SMILES string of the molecule is CN1CCc2cnc(C3CCNC3)cc21. The van der Waals surface area contributed by atoms with Crippen molar-refractivity contribution >= 4 is 5.69 Å². The van der Waals surface area contributed by atoms with E-state index in [-0.39, 0.29) is 0 Å². The van der Waals surface area contributed by atoms with Gasteiger partial charge in [-0.05, 0) is 31.0 Å². The maximum Gasteiger partial charge on any atom is 0.0468 e. The Hall–Kier alpha value is -1.09. The standard InChI is InChI=1S/C12H17N3/c1-15-5-3-10-8-14-11(6-12(10)15)9-2-4-13-7-9/h6,8-9,13H,2-5,7H2,1H3. The van der Waals surface area contributed by atoms with E-state index in [4.69, 9.17) is 0 Å². The number of rotatable bonds is 1. The Balaban J connectivity index is 1.94. The summed E-state index contributed by atoms with van der Waals surface area (Å²) in [5, 5.41) is 3.40. The summed E-state index contributed by atoms with van der Waals surface area (Å²) in [6.07, 6.45) is 4.46. The second-order valence-corrected chi connectivity index (χ2v) is 4.60. The summed E-state index contributed by atoms with van der Waals surface area (Å²) in [6, 6.07) is 2.29. The van der Waals surface area contributed by atoms with Crippen LogP contribution in [-0.2, 0) is 6.42 Å². The Bertz CT molecular complexity index is 369. The van der Waals surface area contributed by atoms with Crippen molar-refractivity contribution in [2.45, 2.75) is 18.8 Å². The molecule has 0 spiro atoms. The first-order valence-corrected chi connectivity index (χ1v) is 5.75. The predicted octanol–water partition coefficient (Wildman–Crippen LogP) is 1.15. The van der Waals surface area contributed by atoms with Gasteiger partial charge in [0.15, 0.2) is 0 Å². The van der Waals surface area contributed by atoms with Crippen molar-refractivity contribution in [1.82, 2.24) is 10.3 Å². The molecule has 1 atom stereocenters. The molecule has 0 radical (unpaired) electrons. The molecule has 0 saturated carbocycles. The molecule has 0 amide bonds. The van der Waals surface area contributed by atoms with Crippen LogP contribution in [0.5, 0.6) is 0 Å². The summed E-state index contributed by atoms with van der Waals surface area (Å²) in [5.41, 5.74) is 4.08. The number of pyridine rings is 1. The van der Waals surface area contributed by atoms with Crippen molar-refractivity contribution < 1.29 is 0 Å². The van der Waals surface area contributed by atoms with Crippen LogP contribution in [0.1, 0.15) is 23.6 Å². The first-order chi connectivity index (χ1) is 7.34. The lowest BCUT2D eigenvalue weighted by Crippen LogP contribution is -2.13. The van der Waals surface area contributed by atoms with Crippen LogP contribution >= 0.6 is 0 Å². The van der Waals surface area contributed by atoms with Crippen molar-refractivity contribution in [2.75, 3.05) is 31.6 Å². The minimum absolute atomic E-state index is 0.629. The number of nitrogens with one attached hydrogen (secondary N) is 1. The first kappa shape index (κ1) is 9.16. The lowest BCUT2D eigenvalue weighted by Gasteiger charge is -2.14. The monoisotopic (exact) mass is 203 g/mol. The highest BCUT2D eigenvalue weighted by Crippen LogP contribution is 2.30. The van der Waals surface area contributed by atoms with Gasteiger partial charge in [0.05, 0.1) is 0 Å². The van der Waals surface area contributed by atoms with E-state index in [0.717, 1.165) is 26.1 Å². The first-order valence-electron chi connectivity index (χ1n) is 5.75. The highest BCUT2D eigenvalue weighted by molar-refractivity contribution is 5.57. The Morgan fingerprint density at radius 3 is 3.27 bits per heavy atom. The Morgan fingerprint density at radius 2 is 2.47 bits per heavy atom. The average molecular weight is 203 g/mol. The zero-order chi connectivity index (χ0) is 10.3. The van der Waals surface area contributed by atoms with E-state index in [1.807, 2.05) is 0 Å². The van der Waals surface area contributed by atoms with Gasteiger partial charge in [-0.25, -0.2) is 0 Å². The van der Waals surface area contributed by atoms with Crippen LogP contribution in [0.4, 0.5) is 5.69 Å². The van der Waals surface area contributed by atoms with E-state index in [9.17, 15) is 0 Å². The Morgan fingerprint density at radius 1 is 1.53 bits per heavy atom. The molecule has 80 valence electrons. The Labute approximate surface area is 90.5 Å². The lowest BCUT2D eigenvalue weighted by atomic mass is 10.0. The molecule has 1 aromatic heterocycles. The minimum atomic E-state index is 0.629. The van der Waals surface area contributed by atoms with Crippen LogP contribution in [0.15, 0.2) is 12.3 Å². The molecule has 3 heterocycles. The van der Waals surface area contributed by atoms with Gasteiger partial charge in [0, 0.05) is 43.6 Å². The molecule has 15 heavy (non-hydrogen) atoms. The molecule has 2 aliphatic heterocycles. The Kier molecular flexibility index (Phi) is 2.13. The van der Waals surface area contributed by atoms with Crippen molar-refractivity contribution in [2.24, 2.45) is 0 Å². The molecule has 0 aliphatic carbocycles. The van der Waals surface area contributed by atoms with Gasteiger partial charge < -0.3 is 10.2 Å². The van der Waals surface area contributed by atoms with Crippen LogP contribution in [0, 0.1) is 0 Å². The summed E-state index contributed by atoms with van der Waals surface area (Å²) in [6.45, 7) is 3.37. The van der Waals surface area contributed by atoms with E-state index in [1.165, 1.54) is 23.4 Å². The zero-order valence-electron chi connectivity index (χ0n) is 9.16. The topological polar surface area (TPSA) is 28.2 Å². The lowest BCUT2D eigenvalue weighted by molar-refractivity contribution is 0.734. The highest BCUT2D eigenvalue weighted by Gasteiger charge is 2.22. The average Bonchev–Trinajstić information content (AvgIpc) is 2.88. The van der Waals surface area contributed by atoms with Gasteiger partial charge >= 0.3 is 0 Å². The largest absolute Gasteiger partial charge is 0.374 e. The third-order valence-corrected chi connectivity index (χ3v) is 3.59. The van der Waals surface area contributed by atoms with Gasteiger partial charge in [0.2, 0.25) is 0 Å². The smallest absolute Gasteiger partial charge is 0.0468 e. The number of hydrogen-bond donors (Lipinski definition) is 1. The fraction of sp³-hybridized carbons (Fsp3) is 0.583. The molecule has 3 heteroatoms. The number of aromatic nitrogens is 1. The number of likely N-dealkylation sites (N-methyl/N-ethyl adjacent to an activating group) is 1. The predicted molar refractivity (Wildman–Crippen MR) is 61.4 cm³/mol. The second kappa shape index (κ2) is 3.49. The molecule has 1 unspecified atom stereocenters. The minimum Gasteiger partial charge on any atom is -0.374 e. The molecule has 2 aliphatic rings. The van der Waals surface area contributed by atoms with E-state index in [1.54, 1.807) is 0 Å². The summed E-state index contributed by atoms with van der Waals surface area (Å²) < 4.78 is 0. The van der Waals surface area contributed by atoms with E-state index >= 15 is 0 Å². The van der Waals surface area contributed by atoms with Gasteiger partial charge in [0.25, 0.3) is 0 Å². The van der Waals surface area contributed by atoms with Crippen molar-refractivity contribution in [1.29, 1.82) is 0 Å². The van der Waals surface area contributed by atoms with Crippen LogP contribution in [0.25, 0.3) is 0 Å². The van der Waals surface area contributed by atoms with Crippen LogP contribution in [-0.4, -0.2) is 31.7 Å². The van der Waals surface area contributed by atoms with Gasteiger partial charge in [-0.1, -0.05) is 0 Å². The maximum atomic E-state index is 4.60. The second-order valence-electron chi connectivity index (χ2n) is 4.60. The maximum absolute atomic E-state index is 4.60. The molecule has 3 rings (SSSR count). The summed E-state index contributed by atoms with van der Waals surface area (Å²) >= 11 is 0. The van der Waals surface area contributed by atoms with Gasteiger partial charge in [0.1, 0.15) is 0 Å². The van der Waals surface area contributed by atoms with Crippen LogP contribution in [0.3, 0.4) is 0 Å². The molecule has 0 aromatic carbocycles. The summed E-state index contributed by atoms with van der Waals surface area (Å²) in [7, 11) is 2.17. The van der Waals surface area contributed by atoms with Gasteiger partial charge in [-0.2, -0.15) is 0 Å². The number of fused-ring (bicyclic) bond motifs is 1. The molecular formula is C12H17N3. The molecule has 1 fully saturated rings. The fourth-order valence-corrected chi connectivity index (χ4v) is 2.58. The number of hydrogen-bond acceptors (Lipinski definition) is 3. The molecule has 0 bridgehead atoms. The fourth-order valence-electron chi connectivity index (χ4n) is 2.58. The summed E-state index contributed by atoms with van der Waals surface area (Å²) in [4.78, 5) is 6.94. The van der Waals surface area contributed by atoms with Gasteiger partial charge in [-0.15, -0.1) is 0 Å². The van der Waals surface area contributed by atoms with Gasteiger partial charge in [-0.3, -0.25) is 4.98 Å².